The van der Waals surface area contributed by atoms with Crippen molar-refractivity contribution in [3.8, 4) is 11.3 Å². The fourth-order valence-electron chi connectivity index (χ4n) is 3.17. The van der Waals surface area contributed by atoms with Crippen LogP contribution in [-0.2, 0) is 9.53 Å². The lowest BCUT2D eigenvalue weighted by molar-refractivity contribution is -0.134. The van der Waals surface area contributed by atoms with Gasteiger partial charge in [-0.1, -0.05) is 12.1 Å². The van der Waals surface area contributed by atoms with Gasteiger partial charge < -0.3 is 15.0 Å². The van der Waals surface area contributed by atoms with Gasteiger partial charge in [0.15, 0.2) is 5.65 Å². The first-order valence-electron chi connectivity index (χ1n) is 8.90. The Morgan fingerprint density at radius 2 is 2.15 bits per heavy atom. The highest BCUT2D eigenvalue weighted by Gasteiger charge is 2.18. The third-order valence-electron chi connectivity index (χ3n) is 4.52. The number of aromatic nitrogens is 3. The Morgan fingerprint density at radius 3 is 2.96 bits per heavy atom. The lowest BCUT2D eigenvalue weighted by atomic mass is 10.1. The molecular formula is C19H20FN5O2. The summed E-state index contributed by atoms with van der Waals surface area (Å²) in [4.78, 5) is 22.8. The number of rotatable bonds is 5. The molecule has 0 radical (unpaired) electrons. The minimum atomic E-state index is -0.323. The number of nitrogens with zero attached hydrogens (tertiary/aromatic N) is 4. The van der Waals surface area contributed by atoms with E-state index in [2.05, 4.69) is 15.3 Å². The van der Waals surface area contributed by atoms with Crippen LogP contribution in [0.5, 0.6) is 0 Å². The lowest BCUT2D eigenvalue weighted by Crippen LogP contribution is -2.41. The molecule has 8 heteroatoms. The van der Waals surface area contributed by atoms with Crippen LogP contribution < -0.4 is 5.32 Å². The number of halogens is 1. The molecule has 1 amide bonds. The maximum absolute atomic E-state index is 13.7. The fraction of sp³-hybridized carbons (Fsp3) is 0.316. The molecule has 1 aliphatic rings. The Kier molecular flexibility index (Phi) is 4.97. The molecule has 0 aliphatic carbocycles. The van der Waals surface area contributed by atoms with Crippen molar-refractivity contribution < 1.29 is 13.9 Å². The Hall–Kier alpha value is -3.00. The van der Waals surface area contributed by atoms with E-state index in [1.54, 1.807) is 24.7 Å². The molecule has 1 aliphatic heterocycles. The van der Waals surface area contributed by atoms with E-state index < -0.39 is 0 Å². The summed E-state index contributed by atoms with van der Waals surface area (Å²) < 4.78 is 20.8. The zero-order chi connectivity index (χ0) is 18.6. The topological polar surface area (TPSA) is 71.8 Å². The first kappa shape index (κ1) is 17.4. The van der Waals surface area contributed by atoms with Crippen LogP contribution >= 0.6 is 0 Å². The number of imidazole rings is 1. The molecule has 1 saturated heterocycles. The van der Waals surface area contributed by atoms with E-state index in [4.69, 9.17) is 4.74 Å². The normalized spacial score (nSPS) is 14.5. The Labute approximate surface area is 155 Å². The minimum Gasteiger partial charge on any atom is -0.378 e. The summed E-state index contributed by atoms with van der Waals surface area (Å²) in [6.07, 6.45) is 5.46. The highest BCUT2D eigenvalue weighted by Crippen LogP contribution is 2.28. The number of ether oxygens (including phenoxy) is 1. The SMILES string of the molecule is O=C(CCNc1c(-c2cccc(F)c2)nc2cnccn12)N1CCOCC1. The first-order chi connectivity index (χ1) is 13.2. The van der Waals surface area contributed by atoms with Crippen molar-refractivity contribution in [1.82, 2.24) is 19.3 Å². The van der Waals surface area contributed by atoms with Crippen LogP contribution in [0.3, 0.4) is 0 Å². The van der Waals surface area contributed by atoms with E-state index in [9.17, 15) is 9.18 Å². The average molecular weight is 369 g/mol. The second-order valence-electron chi connectivity index (χ2n) is 6.29. The quantitative estimate of drug-likeness (QED) is 0.747. The molecule has 0 atom stereocenters. The Bertz CT molecular complexity index is 952. The van der Waals surface area contributed by atoms with E-state index in [0.717, 1.165) is 0 Å². The van der Waals surface area contributed by atoms with Gasteiger partial charge in [-0.15, -0.1) is 0 Å². The Morgan fingerprint density at radius 1 is 1.30 bits per heavy atom. The highest BCUT2D eigenvalue weighted by molar-refractivity contribution is 5.78. The predicted molar refractivity (Wildman–Crippen MR) is 98.9 cm³/mol. The second kappa shape index (κ2) is 7.71. The number of carbonyl (C=O) groups excluding carboxylic acids is 1. The van der Waals surface area contributed by atoms with Crippen molar-refractivity contribution >= 4 is 17.4 Å². The Balaban J connectivity index is 1.55. The fourth-order valence-corrected chi connectivity index (χ4v) is 3.17. The van der Waals surface area contributed by atoms with Crippen molar-refractivity contribution in [1.29, 1.82) is 0 Å². The summed E-state index contributed by atoms with van der Waals surface area (Å²) in [6, 6.07) is 6.30. The van der Waals surface area contributed by atoms with Gasteiger partial charge in [0.1, 0.15) is 17.3 Å². The van der Waals surface area contributed by atoms with E-state index in [1.165, 1.54) is 12.1 Å². The average Bonchev–Trinajstić information content (AvgIpc) is 3.07. The van der Waals surface area contributed by atoms with Crippen LogP contribution in [0.1, 0.15) is 6.42 Å². The van der Waals surface area contributed by atoms with Crippen LogP contribution in [0.15, 0.2) is 42.9 Å². The van der Waals surface area contributed by atoms with Gasteiger partial charge in [0.05, 0.1) is 19.4 Å². The number of morpholine rings is 1. The molecule has 3 aromatic rings. The maximum Gasteiger partial charge on any atom is 0.224 e. The summed E-state index contributed by atoms with van der Waals surface area (Å²) in [5, 5.41) is 3.30. The number of anilines is 1. The van der Waals surface area contributed by atoms with Gasteiger partial charge >= 0.3 is 0 Å². The molecule has 7 nitrogen and oxygen atoms in total. The van der Waals surface area contributed by atoms with E-state index in [-0.39, 0.29) is 11.7 Å². The summed E-state index contributed by atoms with van der Waals surface area (Å²) in [5.41, 5.74) is 1.95. The first-order valence-corrected chi connectivity index (χ1v) is 8.90. The molecule has 27 heavy (non-hydrogen) atoms. The number of amides is 1. The molecule has 4 rings (SSSR count). The number of hydrogen-bond acceptors (Lipinski definition) is 5. The van der Waals surface area contributed by atoms with Crippen LogP contribution in [-0.4, -0.2) is 58.0 Å². The molecular weight excluding hydrogens is 349 g/mol. The zero-order valence-electron chi connectivity index (χ0n) is 14.8. The molecule has 140 valence electrons. The number of hydrogen-bond donors (Lipinski definition) is 1. The van der Waals surface area contributed by atoms with Crippen LogP contribution in [0.25, 0.3) is 16.9 Å². The van der Waals surface area contributed by atoms with Crippen molar-refractivity contribution in [2.24, 2.45) is 0 Å². The van der Waals surface area contributed by atoms with Gasteiger partial charge in [-0.2, -0.15) is 0 Å². The maximum atomic E-state index is 13.7. The van der Waals surface area contributed by atoms with Crippen molar-refractivity contribution in [3.05, 3.63) is 48.7 Å². The molecule has 1 fully saturated rings. The molecule has 1 N–H and O–H groups in total. The van der Waals surface area contributed by atoms with Gasteiger partial charge in [0.25, 0.3) is 0 Å². The lowest BCUT2D eigenvalue weighted by Gasteiger charge is -2.26. The van der Waals surface area contributed by atoms with Crippen LogP contribution in [0.4, 0.5) is 10.2 Å². The smallest absolute Gasteiger partial charge is 0.224 e. The third-order valence-corrected chi connectivity index (χ3v) is 4.52. The van der Waals surface area contributed by atoms with Gasteiger partial charge in [-0.3, -0.25) is 14.2 Å². The van der Waals surface area contributed by atoms with E-state index in [1.807, 2.05) is 15.4 Å². The molecule has 0 bridgehead atoms. The van der Waals surface area contributed by atoms with Crippen molar-refractivity contribution in [3.63, 3.8) is 0 Å². The second-order valence-corrected chi connectivity index (χ2v) is 6.29. The molecule has 0 unspecified atom stereocenters. The van der Waals surface area contributed by atoms with Crippen LogP contribution in [0, 0.1) is 5.82 Å². The van der Waals surface area contributed by atoms with E-state index >= 15 is 0 Å². The third kappa shape index (κ3) is 3.75. The zero-order valence-corrected chi connectivity index (χ0v) is 14.8. The van der Waals surface area contributed by atoms with Gasteiger partial charge in [-0.25, -0.2) is 9.37 Å². The van der Waals surface area contributed by atoms with Gasteiger partial charge in [0.2, 0.25) is 5.91 Å². The summed E-state index contributed by atoms with van der Waals surface area (Å²) in [5.74, 6) is 0.484. The standard InChI is InChI=1S/C19H20FN5O2/c20-15-3-1-2-14(12-15)18-19(25-7-6-21-13-16(25)23-18)22-5-4-17(26)24-8-10-27-11-9-24/h1-3,6-7,12-13,22H,4-5,8-11H2. The molecule has 0 saturated carbocycles. The molecule has 2 aromatic heterocycles. The summed E-state index contributed by atoms with van der Waals surface area (Å²) in [6.45, 7) is 2.89. The van der Waals surface area contributed by atoms with Gasteiger partial charge in [-0.05, 0) is 12.1 Å². The van der Waals surface area contributed by atoms with Crippen LogP contribution in [0.2, 0.25) is 0 Å². The predicted octanol–water partition coefficient (Wildman–Crippen LogP) is 2.20. The van der Waals surface area contributed by atoms with E-state index in [0.29, 0.717) is 62.0 Å². The highest BCUT2D eigenvalue weighted by atomic mass is 19.1. The van der Waals surface area contributed by atoms with Crippen molar-refractivity contribution in [2.75, 3.05) is 38.2 Å². The largest absolute Gasteiger partial charge is 0.378 e. The monoisotopic (exact) mass is 369 g/mol. The number of benzene rings is 1. The number of carbonyl (C=O) groups is 1. The summed E-state index contributed by atoms with van der Waals surface area (Å²) in [7, 11) is 0. The van der Waals surface area contributed by atoms with Gasteiger partial charge in [0, 0.05) is 44.0 Å². The summed E-state index contributed by atoms with van der Waals surface area (Å²) >= 11 is 0. The number of nitrogens with one attached hydrogen (secondary N) is 1. The minimum absolute atomic E-state index is 0.0913. The molecule has 3 heterocycles. The number of fused-ring (bicyclic) bond motifs is 1. The molecule has 0 spiro atoms. The van der Waals surface area contributed by atoms with Crippen molar-refractivity contribution in [2.45, 2.75) is 6.42 Å². The molecule has 1 aromatic carbocycles.